The number of rotatable bonds is 3. The van der Waals surface area contributed by atoms with Gasteiger partial charge in [-0.05, 0) is 49.5 Å². The molecule has 3 rings (SSSR count). The van der Waals surface area contributed by atoms with E-state index in [1.54, 1.807) is 12.1 Å². The summed E-state index contributed by atoms with van der Waals surface area (Å²) >= 11 is 0. The summed E-state index contributed by atoms with van der Waals surface area (Å²) in [5.74, 6) is 0.580. The molecule has 0 aliphatic carbocycles. The van der Waals surface area contributed by atoms with Crippen molar-refractivity contribution in [2.24, 2.45) is 11.8 Å². The van der Waals surface area contributed by atoms with Gasteiger partial charge in [0.25, 0.3) is 0 Å². The molecule has 1 N–H and O–H groups in total. The Morgan fingerprint density at radius 2 is 2.05 bits per heavy atom. The van der Waals surface area contributed by atoms with E-state index in [1.807, 2.05) is 11.8 Å². The van der Waals surface area contributed by atoms with Crippen molar-refractivity contribution in [1.82, 2.24) is 10.2 Å². The van der Waals surface area contributed by atoms with Crippen LogP contribution in [-0.2, 0) is 4.79 Å². The van der Waals surface area contributed by atoms with E-state index in [1.165, 1.54) is 12.1 Å². The zero-order chi connectivity index (χ0) is 14.1. The Kier molecular flexibility index (Phi) is 3.74. The van der Waals surface area contributed by atoms with Crippen molar-refractivity contribution in [2.75, 3.05) is 19.6 Å². The highest BCUT2D eigenvalue weighted by atomic mass is 19.1. The number of hydrogen-bond donors (Lipinski definition) is 1. The molecular weight excluding hydrogens is 255 g/mol. The standard InChI is InChI=1S/C16H21FN2O/c1-11(13-9-18-10-13)16(20)19-8-2-3-15(19)12-4-6-14(17)7-5-12/h4-7,11,13,15,18H,2-3,8-10H2,1H3. The number of hydrogen-bond acceptors (Lipinski definition) is 2. The summed E-state index contributed by atoms with van der Waals surface area (Å²) in [6.07, 6.45) is 2.01. The molecule has 2 saturated heterocycles. The molecule has 20 heavy (non-hydrogen) atoms. The highest BCUT2D eigenvalue weighted by molar-refractivity contribution is 5.79. The third-order valence-electron chi connectivity index (χ3n) is 4.70. The number of carbonyl (C=O) groups excluding carboxylic acids is 1. The highest BCUT2D eigenvalue weighted by Crippen LogP contribution is 2.34. The zero-order valence-electron chi connectivity index (χ0n) is 11.8. The lowest BCUT2D eigenvalue weighted by Gasteiger charge is -2.35. The first-order valence-corrected chi connectivity index (χ1v) is 7.43. The van der Waals surface area contributed by atoms with E-state index >= 15 is 0 Å². The maximum Gasteiger partial charge on any atom is 0.226 e. The molecule has 4 heteroatoms. The van der Waals surface area contributed by atoms with Gasteiger partial charge in [-0.15, -0.1) is 0 Å². The van der Waals surface area contributed by atoms with Gasteiger partial charge in [0.05, 0.1) is 6.04 Å². The average Bonchev–Trinajstić information content (AvgIpc) is 2.85. The maximum atomic E-state index is 13.0. The van der Waals surface area contributed by atoms with Crippen molar-refractivity contribution in [2.45, 2.75) is 25.8 Å². The van der Waals surface area contributed by atoms with Crippen molar-refractivity contribution in [3.63, 3.8) is 0 Å². The SMILES string of the molecule is CC(C(=O)N1CCCC1c1ccc(F)cc1)C1CNC1. The van der Waals surface area contributed by atoms with Crippen molar-refractivity contribution >= 4 is 5.91 Å². The van der Waals surface area contributed by atoms with Crippen LogP contribution in [0.4, 0.5) is 4.39 Å². The highest BCUT2D eigenvalue weighted by Gasteiger charge is 2.36. The van der Waals surface area contributed by atoms with Crippen LogP contribution in [0.25, 0.3) is 0 Å². The first-order chi connectivity index (χ1) is 9.66. The Bertz CT molecular complexity index is 484. The minimum Gasteiger partial charge on any atom is -0.335 e. The predicted octanol–water partition coefficient (Wildman–Crippen LogP) is 2.34. The number of benzene rings is 1. The topological polar surface area (TPSA) is 32.3 Å². The number of carbonyl (C=O) groups is 1. The molecule has 0 spiro atoms. The summed E-state index contributed by atoms with van der Waals surface area (Å²) in [4.78, 5) is 14.7. The molecule has 1 aromatic rings. The van der Waals surface area contributed by atoms with Crippen LogP contribution in [0.5, 0.6) is 0 Å². The van der Waals surface area contributed by atoms with Crippen LogP contribution in [0, 0.1) is 17.7 Å². The summed E-state index contributed by atoms with van der Waals surface area (Å²) in [5, 5.41) is 3.22. The lowest BCUT2D eigenvalue weighted by Crippen LogP contribution is -2.50. The minimum atomic E-state index is -0.224. The van der Waals surface area contributed by atoms with Gasteiger partial charge in [0.1, 0.15) is 5.82 Å². The molecule has 1 aromatic carbocycles. The van der Waals surface area contributed by atoms with Gasteiger partial charge in [0.15, 0.2) is 0 Å². The second-order valence-electron chi connectivity index (χ2n) is 5.95. The molecule has 3 nitrogen and oxygen atoms in total. The molecule has 1 amide bonds. The third kappa shape index (κ3) is 2.44. The Labute approximate surface area is 119 Å². The number of halogens is 1. The first kappa shape index (κ1) is 13.6. The predicted molar refractivity (Wildman–Crippen MR) is 75.6 cm³/mol. The van der Waals surface area contributed by atoms with Crippen LogP contribution in [0.1, 0.15) is 31.4 Å². The monoisotopic (exact) mass is 276 g/mol. The van der Waals surface area contributed by atoms with E-state index in [9.17, 15) is 9.18 Å². The Hall–Kier alpha value is -1.42. The molecule has 2 aliphatic heterocycles. The van der Waals surface area contributed by atoms with Gasteiger partial charge in [-0.2, -0.15) is 0 Å². The largest absolute Gasteiger partial charge is 0.335 e. The lowest BCUT2D eigenvalue weighted by molar-refractivity contribution is -0.138. The van der Waals surface area contributed by atoms with E-state index in [-0.39, 0.29) is 23.7 Å². The summed E-state index contributed by atoms with van der Waals surface area (Å²) in [5.41, 5.74) is 1.05. The van der Waals surface area contributed by atoms with Crippen LogP contribution in [-0.4, -0.2) is 30.4 Å². The minimum absolute atomic E-state index is 0.0808. The maximum absolute atomic E-state index is 13.0. The summed E-state index contributed by atoms with van der Waals surface area (Å²) in [7, 11) is 0. The molecular formula is C16H21FN2O. The average molecular weight is 276 g/mol. The second-order valence-corrected chi connectivity index (χ2v) is 5.95. The van der Waals surface area contributed by atoms with Crippen molar-refractivity contribution in [3.8, 4) is 0 Å². The van der Waals surface area contributed by atoms with Crippen LogP contribution >= 0.6 is 0 Å². The summed E-state index contributed by atoms with van der Waals surface area (Å²) in [6, 6.07) is 6.70. The quantitative estimate of drug-likeness (QED) is 0.919. The summed E-state index contributed by atoms with van der Waals surface area (Å²) < 4.78 is 13.0. The van der Waals surface area contributed by atoms with Crippen LogP contribution in [0.3, 0.4) is 0 Å². The van der Waals surface area contributed by atoms with Gasteiger partial charge in [-0.1, -0.05) is 19.1 Å². The molecule has 2 atom stereocenters. The fourth-order valence-corrected chi connectivity index (χ4v) is 3.19. The number of likely N-dealkylation sites (tertiary alicyclic amines) is 1. The van der Waals surface area contributed by atoms with E-state index in [2.05, 4.69) is 5.32 Å². The molecule has 108 valence electrons. The third-order valence-corrected chi connectivity index (χ3v) is 4.70. The Balaban J connectivity index is 1.74. The molecule has 0 bridgehead atoms. The fourth-order valence-electron chi connectivity index (χ4n) is 3.19. The first-order valence-electron chi connectivity index (χ1n) is 7.43. The normalized spacial score (nSPS) is 24.5. The summed E-state index contributed by atoms with van der Waals surface area (Å²) in [6.45, 7) is 4.75. The van der Waals surface area contributed by atoms with Gasteiger partial charge < -0.3 is 10.2 Å². The number of nitrogens with zero attached hydrogens (tertiary/aromatic N) is 1. The van der Waals surface area contributed by atoms with Crippen LogP contribution in [0.2, 0.25) is 0 Å². The Morgan fingerprint density at radius 3 is 2.65 bits per heavy atom. The molecule has 2 unspecified atom stereocenters. The van der Waals surface area contributed by atoms with Crippen LogP contribution < -0.4 is 5.32 Å². The van der Waals surface area contributed by atoms with Gasteiger partial charge in [0.2, 0.25) is 5.91 Å². The molecule has 0 radical (unpaired) electrons. The van der Waals surface area contributed by atoms with Crippen LogP contribution in [0.15, 0.2) is 24.3 Å². The van der Waals surface area contributed by atoms with Gasteiger partial charge >= 0.3 is 0 Å². The number of amides is 1. The Morgan fingerprint density at radius 1 is 1.35 bits per heavy atom. The van der Waals surface area contributed by atoms with Gasteiger partial charge in [0, 0.05) is 12.5 Å². The molecule has 2 aliphatic rings. The van der Waals surface area contributed by atoms with E-state index in [0.29, 0.717) is 5.92 Å². The van der Waals surface area contributed by atoms with E-state index < -0.39 is 0 Å². The van der Waals surface area contributed by atoms with Crippen molar-refractivity contribution in [3.05, 3.63) is 35.6 Å². The smallest absolute Gasteiger partial charge is 0.226 e. The van der Waals surface area contributed by atoms with E-state index in [0.717, 1.165) is 38.0 Å². The van der Waals surface area contributed by atoms with Gasteiger partial charge in [-0.3, -0.25) is 4.79 Å². The molecule has 2 heterocycles. The lowest BCUT2D eigenvalue weighted by atomic mass is 9.87. The van der Waals surface area contributed by atoms with Crippen molar-refractivity contribution in [1.29, 1.82) is 0 Å². The fraction of sp³-hybridized carbons (Fsp3) is 0.562. The second kappa shape index (κ2) is 5.52. The molecule has 0 saturated carbocycles. The number of nitrogens with one attached hydrogen (secondary N) is 1. The van der Waals surface area contributed by atoms with Crippen molar-refractivity contribution < 1.29 is 9.18 Å². The van der Waals surface area contributed by atoms with E-state index in [4.69, 9.17) is 0 Å². The molecule has 2 fully saturated rings. The molecule has 0 aromatic heterocycles. The van der Waals surface area contributed by atoms with Gasteiger partial charge in [-0.25, -0.2) is 4.39 Å². The zero-order valence-corrected chi connectivity index (χ0v) is 11.8.